The van der Waals surface area contributed by atoms with Crippen LogP contribution in [-0.4, -0.2) is 42.7 Å². The first-order valence-electron chi connectivity index (χ1n) is 10.5. The standard InChI is InChI=1S/C24H24ClN3O5S.ClH/c1-24(2,33-21(29)10-26)13-32-18-7-5-16(9-19(18)31-3)28-12-14-8-20(34-22(14)23(28)30)17-6-4-15(25)11-27-17;/h4-9,11H,10,12-13,26H2,1-3H3;1H. The summed E-state index contributed by atoms with van der Waals surface area (Å²) in [5.74, 6) is 0.352. The first-order valence-corrected chi connectivity index (χ1v) is 11.7. The molecule has 0 fully saturated rings. The minimum Gasteiger partial charge on any atom is -0.493 e. The van der Waals surface area contributed by atoms with Crippen LogP contribution in [0.3, 0.4) is 0 Å². The molecule has 0 radical (unpaired) electrons. The van der Waals surface area contributed by atoms with Crippen LogP contribution >= 0.6 is 35.3 Å². The Kier molecular flexibility index (Phi) is 8.27. The van der Waals surface area contributed by atoms with Crippen molar-refractivity contribution in [1.29, 1.82) is 0 Å². The Hall–Kier alpha value is -2.85. The van der Waals surface area contributed by atoms with Crippen LogP contribution in [0.25, 0.3) is 10.6 Å². The summed E-state index contributed by atoms with van der Waals surface area (Å²) in [7, 11) is 1.53. The fraction of sp³-hybridized carbons (Fsp3) is 0.292. The van der Waals surface area contributed by atoms with Crippen LogP contribution in [0.4, 0.5) is 5.69 Å². The molecule has 2 N–H and O–H groups in total. The van der Waals surface area contributed by atoms with Crippen LogP contribution in [0.5, 0.6) is 11.5 Å². The summed E-state index contributed by atoms with van der Waals surface area (Å²) in [5.41, 5.74) is 6.87. The Morgan fingerprint density at radius 3 is 2.63 bits per heavy atom. The topological polar surface area (TPSA) is 104 Å². The number of aromatic nitrogens is 1. The SMILES string of the molecule is COc1cc(N2Cc3cc(-c4ccc(Cl)cn4)sc3C2=O)ccc1OCC(C)(C)OC(=O)CN.Cl. The highest BCUT2D eigenvalue weighted by molar-refractivity contribution is 7.17. The monoisotopic (exact) mass is 537 g/mol. The summed E-state index contributed by atoms with van der Waals surface area (Å²) in [6, 6.07) is 10.9. The lowest BCUT2D eigenvalue weighted by Gasteiger charge is -2.25. The van der Waals surface area contributed by atoms with Crippen molar-refractivity contribution < 1.29 is 23.8 Å². The van der Waals surface area contributed by atoms with E-state index in [2.05, 4.69) is 4.98 Å². The predicted octanol–water partition coefficient (Wildman–Crippen LogP) is 4.71. The molecule has 0 spiro atoms. The van der Waals surface area contributed by atoms with Crippen LogP contribution in [0.15, 0.2) is 42.6 Å². The van der Waals surface area contributed by atoms with Crippen LogP contribution in [-0.2, 0) is 16.1 Å². The van der Waals surface area contributed by atoms with Gasteiger partial charge in [-0.2, -0.15) is 0 Å². The molecule has 11 heteroatoms. The molecule has 186 valence electrons. The van der Waals surface area contributed by atoms with E-state index in [1.165, 1.54) is 18.4 Å². The van der Waals surface area contributed by atoms with Gasteiger partial charge < -0.3 is 24.8 Å². The van der Waals surface area contributed by atoms with Crippen molar-refractivity contribution in [3.63, 3.8) is 0 Å². The van der Waals surface area contributed by atoms with Gasteiger partial charge in [-0.05, 0) is 49.7 Å². The van der Waals surface area contributed by atoms with E-state index in [4.69, 9.17) is 31.5 Å². The molecule has 8 nitrogen and oxygen atoms in total. The van der Waals surface area contributed by atoms with Gasteiger partial charge in [0.1, 0.15) is 12.2 Å². The Bertz CT molecular complexity index is 1230. The van der Waals surface area contributed by atoms with E-state index in [9.17, 15) is 9.59 Å². The molecule has 1 amide bonds. The fourth-order valence-corrected chi connectivity index (χ4v) is 4.73. The van der Waals surface area contributed by atoms with Gasteiger partial charge in [-0.1, -0.05) is 11.6 Å². The molecule has 0 saturated heterocycles. The number of pyridine rings is 1. The number of hydrogen-bond donors (Lipinski definition) is 1. The Morgan fingerprint density at radius 2 is 2.00 bits per heavy atom. The normalized spacial score (nSPS) is 12.7. The lowest BCUT2D eigenvalue weighted by atomic mass is 10.1. The summed E-state index contributed by atoms with van der Waals surface area (Å²) in [6.45, 7) is 3.82. The number of benzene rings is 1. The number of fused-ring (bicyclic) bond motifs is 1. The second-order valence-corrected chi connectivity index (χ2v) is 9.77. The summed E-state index contributed by atoms with van der Waals surface area (Å²) in [4.78, 5) is 32.3. The molecule has 0 unspecified atom stereocenters. The molecule has 1 aromatic carbocycles. The highest BCUT2D eigenvalue weighted by Gasteiger charge is 2.32. The number of nitrogens with two attached hydrogens (primary N) is 1. The molecule has 3 aromatic rings. The molecular formula is C24H25Cl2N3O5S. The van der Waals surface area contributed by atoms with Crippen molar-refractivity contribution in [2.24, 2.45) is 5.73 Å². The third kappa shape index (κ3) is 5.87. The number of esters is 1. The minimum absolute atomic E-state index is 0. The zero-order chi connectivity index (χ0) is 24.5. The van der Waals surface area contributed by atoms with Gasteiger partial charge in [-0.25, -0.2) is 0 Å². The Labute approximate surface area is 218 Å². The van der Waals surface area contributed by atoms with E-state index in [0.717, 1.165) is 16.1 Å². The number of amides is 1. The molecule has 2 aromatic heterocycles. The number of nitrogens with zero attached hydrogens (tertiary/aromatic N) is 2. The van der Waals surface area contributed by atoms with Crippen LogP contribution in [0.1, 0.15) is 29.1 Å². The smallest absolute Gasteiger partial charge is 0.320 e. The van der Waals surface area contributed by atoms with E-state index in [-0.39, 0.29) is 31.5 Å². The van der Waals surface area contributed by atoms with Gasteiger partial charge in [-0.15, -0.1) is 23.7 Å². The summed E-state index contributed by atoms with van der Waals surface area (Å²) in [6.07, 6.45) is 1.59. The van der Waals surface area contributed by atoms with Gasteiger partial charge in [0, 0.05) is 18.0 Å². The van der Waals surface area contributed by atoms with E-state index < -0.39 is 11.6 Å². The maximum atomic E-state index is 13.1. The highest BCUT2D eigenvalue weighted by atomic mass is 35.5. The average Bonchev–Trinajstić information content (AvgIpc) is 3.37. The predicted molar refractivity (Wildman–Crippen MR) is 138 cm³/mol. The zero-order valence-electron chi connectivity index (χ0n) is 19.4. The third-order valence-corrected chi connectivity index (χ3v) is 6.56. The highest BCUT2D eigenvalue weighted by Crippen LogP contribution is 2.40. The van der Waals surface area contributed by atoms with Gasteiger partial charge in [0.15, 0.2) is 11.5 Å². The number of ether oxygens (including phenoxy) is 3. The van der Waals surface area contributed by atoms with Gasteiger partial charge in [0.25, 0.3) is 5.91 Å². The second-order valence-electron chi connectivity index (χ2n) is 8.28. The second kappa shape index (κ2) is 10.8. The maximum Gasteiger partial charge on any atom is 0.320 e. The molecule has 35 heavy (non-hydrogen) atoms. The maximum absolute atomic E-state index is 13.1. The van der Waals surface area contributed by atoms with Crippen molar-refractivity contribution in [3.8, 4) is 22.1 Å². The molecule has 0 atom stereocenters. The van der Waals surface area contributed by atoms with Crippen molar-refractivity contribution >= 4 is 52.9 Å². The van der Waals surface area contributed by atoms with Gasteiger partial charge in [-0.3, -0.25) is 14.6 Å². The molecular weight excluding hydrogens is 513 g/mol. The van der Waals surface area contributed by atoms with Gasteiger partial charge in [0.2, 0.25) is 0 Å². The molecule has 1 aliphatic heterocycles. The lowest BCUT2D eigenvalue weighted by molar-refractivity contribution is -0.157. The zero-order valence-corrected chi connectivity index (χ0v) is 21.8. The van der Waals surface area contributed by atoms with Crippen molar-refractivity contribution in [2.45, 2.75) is 26.0 Å². The van der Waals surface area contributed by atoms with Crippen LogP contribution < -0.4 is 20.1 Å². The molecule has 0 saturated carbocycles. The van der Waals surface area contributed by atoms with Crippen molar-refractivity contribution in [2.75, 3.05) is 25.2 Å². The largest absolute Gasteiger partial charge is 0.493 e. The summed E-state index contributed by atoms with van der Waals surface area (Å²) < 4.78 is 16.6. The molecule has 1 aliphatic rings. The first-order chi connectivity index (χ1) is 16.2. The number of methoxy groups -OCH3 is 1. The van der Waals surface area contributed by atoms with E-state index in [0.29, 0.717) is 33.6 Å². The van der Waals surface area contributed by atoms with E-state index in [1.807, 2.05) is 12.1 Å². The molecule has 4 rings (SSSR count). The van der Waals surface area contributed by atoms with Gasteiger partial charge >= 0.3 is 5.97 Å². The van der Waals surface area contributed by atoms with E-state index in [1.54, 1.807) is 49.2 Å². The van der Waals surface area contributed by atoms with Crippen LogP contribution in [0, 0.1) is 0 Å². The van der Waals surface area contributed by atoms with Crippen molar-refractivity contribution in [1.82, 2.24) is 4.98 Å². The van der Waals surface area contributed by atoms with E-state index >= 15 is 0 Å². The lowest BCUT2D eigenvalue weighted by Crippen LogP contribution is -2.37. The molecule has 0 bridgehead atoms. The fourth-order valence-electron chi connectivity index (χ4n) is 3.52. The summed E-state index contributed by atoms with van der Waals surface area (Å²) in [5, 5.41) is 0.566. The van der Waals surface area contributed by atoms with Crippen molar-refractivity contribution in [3.05, 3.63) is 58.1 Å². The number of anilines is 1. The minimum atomic E-state index is -0.865. The van der Waals surface area contributed by atoms with Crippen LogP contribution in [0.2, 0.25) is 5.02 Å². The number of halogens is 2. The third-order valence-electron chi connectivity index (χ3n) is 5.15. The number of thiophene rings is 1. The number of carbonyl (C=O) groups excluding carboxylic acids is 2. The molecule has 3 heterocycles. The summed E-state index contributed by atoms with van der Waals surface area (Å²) >= 11 is 7.34. The Morgan fingerprint density at radius 1 is 1.23 bits per heavy atom. The number of carbonyl (C=O) groups is 2. The first kappa shape index (κ1) is 26.7. The average molecular weight is 538 g/mol. The molecule has 0 aliphatic carbocycles. The Balaban J connectivity index is 0.00000342. The number of rotatable bonds is 8. The quantitative estimate of drug-likeness (QED) is 0.414. The van der Waals surface area contributed by atoms with Gasteiger partial charge in [0.05, 0.1) is 40.7 Å². The number of hydrogen-bond acceptors (Lipinski definition) is 8.